The van der Waals surface area contributed by atoms with Crippen LogP contribution in [-0.2, 0) is 11.2 Å². The normalized spacial score (nSPS) is 10.7. The Hall–Kier alpha value is -2.75. The quantitative estimate of drug-likeness (QED) is 0.630. The molecule has 21 heavy (non-hydrogen) atoms. The molecule has 0 unspecified atom stereocenters. The Morgan fingerprint density at radius 3 is 2.57 bits per heavy atom. The van der Waals surface area contributed by atoms with Crippen LogP contribution in [0.2, 0.25) is 0 Å². The molecule has 2 aromatic carbocycles. The summed E-state index contributed by atoms with van der Waals surface area (Å²) in [5.41, 5.74) is 13.5. The van der Waals surface area contributed by atoms with Crippen molar-refractivity contribution in [2.45, 2.75) is 6.42 Å². The lowest BCUT2D eigenvalue weighted by atomic mass is 10.1. The molecule has 1 amide bonds. The summed E-state index contributed by atoms with van der Waals surface area (Å²) in [5.74, 6) is 0.152. The van der Waals surface area contributed by atoms with Gasteiger partial charge in [0.15, 0.2) is 0 Å². The molecular weight excluding hydrogens is 264 g/mol. The fraction of sp³-hybridized carbons (Fsp3) is 0.118. The first-order chi connectivity index (χ1) is 10.1. The van der Waals surface area contributed by atoms with Gasteiger partial charge in [0, 0.05) is 12.5 Å². The summed E-state index contributed by atoms with van der Waals surface area (Å²) in [5, 5.41) is 0. The van der Waals surface area contributed by atoms with Crippen LogP contribution >= 0.6 is 0 Å². The van der Waals surface area contributed by atoms with Crippen LogP contribution in [0.4, 0.5) is 5.69 Å². The van der Waals surface area contributed by atoms with Crippen LogP contribution in [0.5, 0.6) is 5.75 Å². The van der Waals surface area contributed by atoms with Gasteiger partial charge in [0.05, 0.1) is 12.3 Å². The standard InChI is InChI=1S/C17H18N2O2/c18-15-12-14(7-9-17(19)20)6-8-16(15)21-11-10-13-4-2-1-3-5-13/h1-9,12H,10-11,18H2,(H2,19,20)/b9-7-. The van der Waals surface area contributed by atoms with Gasteiger partial charge in [-0.15, -0.1) is 0 Å². The van der Waals surface area contributed by atoms with Gasteiger partial charge in [0.25, 0.3) is 0 Å². The van der Waals surface area contributed by atoms with Crippen molar-refractivity contribution >= 4 is 17.7 Å². The Morgan fingerprint density at radius 2 is 1.90 bits per heavy atom. The van der Waals surface area contributed by atoms with Crippen LogP contribution in [0.1, 0.15) is 11.1 Å². The first-order valence-electron chi connectivity index (χ1n) is 6.69. The highest BCUT2D eigenvalue weighted by Gasteiger charge is 2.01. The largest absolute Gasteiger partial charge is 0.491 e. The van der Waals surface area contributed by atoms with Crippen molar-refractivity contribution in [3.8, 4) is 5.75 Å². The summed E-state index contributed by atoms with van der Waals surface area (Å²) < 4.78 is 5.68. The van der Waals surface area contributed by atoms with E-state index in [1.54, 1.807) is 18.2 Å². The predicted octanol–water partition coefficient (Wildman–Crippen LogP) is 2.39. The zero-order valence-electron chi connectivity index (χ0n) is 11.7. The lowest BCUT2D eigenvalue weighted by Gasteiger charge is -2.09. The fourth-order valence-corrected chi connectivity index (χ4v) is 1.90. The third-order valence-electron chi connectivity index (χ3n) is 2.97. The maximum Gasteiger partial charge on any atom is 0.241 e. The topological polar surface area (TPSA) is 78.3 Å². The summed E-state index contributed by atoms with van der Waals surface area (Å²) in [6.07, 6.45) is 3.74. The third kappa shape index (κ3) is 4.69. The van der Waals surface area contributed by atoms with E-state index in [4.69, 9.17) is 16.2 Å². The molecule has 0 aliphatic carbocycles. The van der Waals surface area contributed by atoms with Gasteiger partial charge in [0.1, 0.15) is 5.75 Å². The number of carbonyl (C=O) groups is 1. The minimum atomic E-state index is -0.489. The molecule has 4 nitrogen and oxygen atoms in total. The van der Waals surface area contributed by atoms with Crippen molar-refractivity contribution < 1.29 is 9.53 Å². The summed E-state index contributed by atoms with van der Waals surface area (Å²) in [6.45, 7) is 0.560. The first-order valence-corrected chi connectivity index (χ1v) is 6.69. The highest BCUT2D eigenvalue weighted by atomic mass is 16.5. The van der Waals surface area contributed by atoms with Gasteiger partial charge in [-0.25, -0.2) is 0 Å². The molecule has 0 saturated heterocycles. The van der Waals surface area contributed by atoms with Gasteiger partial charge in [-0.05, 0) is 29.3 Å². The summed E-state index contributed by atoms with van der Waals surface area (Å²) in [7, 11) is 0. The predicted molar refractivity (Wildman–Crippen MR) is 84.7 cm³/mol. The van der Waals surface area contributed by atoms with Crippen LogP contribution < -0.4 is 16.2 Å². The third-order valence-corrected chi connectivity index (χ3v) is 2.97. The molecule has 108 valence electrons. The number of benzene rings is 2. The van der Waals surface area contributed by atoms with Crippen molar-refractivity contribution in [3.63, 3.8) is 0 Å². The fourth-order valence-electron chi connectivity index (χ4n) is 1.90. The van der Waals surface area contributed by atoms with E-state index in [2.05, 4.69) is 12.1 Å². The molecule has 0 bridgehead atoms. The average Bonchev–Trinajstić information content (AvgIpc) is 2.48. The van der Waals surface area contributed by atoms with E-state index in [-0.39, 0.29) is 0 Å². The van der Waals surface area contributed by atoms with Crippen LogP contribution in [-0.4, -0.2) is 12.5 Å². The number of rotatable bonds is 6. The number of primary amides is 1. The van der Waals surface area contributed by atoms with E-state index >= 15 is 0 Å². The van der Waals surface area contributed by atoms with E-state index in [9.17, 15) is 4.79 Å². The molecule has 0 fully saturated rings. The zero-order chi connectivity index (χ0) is 15.1. The number of amides is 1. The molecular formula is C17H18N2O2. The number of hydrogen-bond donors (Lipinski definition) is 2. The second-order valence-electron chi connectivity index (χ2n) is 4.62. The summed E-state index contributed by atoms with van der Waals surface area (Å²) in [4.78, 5) is 10.7. The van der Waals surface area contributed by atoms with Gasteiger partial charge < -0.3 is 16.2 Å². The SMILES string of the molecule is NC(=O)/C=C\c1ccc(OCCc2ccccc2)c(N)c1. The van der Waals surface area contributed by atoms with E-state index < -0.39 is 5.91 Å². The molecule has 0 heterocycles. The van der Waals surface area contributed by atoms with Gasteiger partial charge in [0.2, 0.25) is 5.91 Å². The minimum absolute atomic E-state index is 0.489. The molecule has 0 aliphatic heterocycles. The van der Waals surface area contributed by atoms with E-state index in [0.29, 0.717) is 18.0 Å². The van der Waals surface area contributed by atoms with Crippen LogP contribution in [0.25, 0.3) is 6.08 Å². The van der Waals surface area contributed by atoms with E-state index in [1.807, 2.05) is 24.3 Å². The Kier molecular flexibility index (Phi) is 4.99. The lowest BCUT2D eigenvalue weighted by Crippen LogP contribution is -2.05. The molecule has 4 N–H and O–H groups in total. The zero-order valence-corrected chi connectivity index (χ0v) is 11.7. The van der Waals surface area contributed by atoms with Gasteiger partial charge in [-0.3, -0.25) is 4.79 Å². The van der Waals surface area contributed by atoms with Crippen LogP contribution in [0.15, 0.2) is 54.6 Å². The number of carbonyl (C=O) groups excluding carboxylic acids is 1. The van der Waals surface area contributed by atoms with Gasteiger partial charge in [-0.1, -0.05) is 36.4 Å². The molecule has 0 saturated carbocycles. The molecule has 4 heteroatoms. The monoisotopic (exact) mass is 282 g/mol. The van der Waals surface area contributed by atoms with E-state index in [0.717, 1.165) is 12.0 Å². The molecule has 0 atom stereocenters. The maximum absolute atomic E-state index is 10.7. The van der Waals surface area contributed by atoms with E-state index in [1.165, 1.54) is 11.6 Å². The van der Waals surface area contributed by atoms with Crippen molar-refractivity contribution in [3.05, 3.63) is 65.7 Å². The van der Waals surface area contributed by atoms with Gasteiger partial charge in [-0.2, -0.15) is 0 Å². The molecule has 0 aromatic heterocycles. The number of nitrogens with two attached hydrogens (primary N) is 2. The van der Waals surface area contributed by atoms with Gasteiger partial charge >= 0.3 is 0 Å². The first kappa shape index (κ1) is 14.7. The summed E-state index contributed by atoms with van der Waals surface area (Å²) >= 11 is 0. The molecule has 2 rings (SSSR count). The molecule has 0 aliphatic rings. The minimum Gasteiger partial charge on any atom is -0.491 e. The lowest BCUT2D eigenvalue weighted by molar-refractivity contribution is -0.113. The Labute approximate surface area is 124 Å². The smallest absolute Gasteiger partial charge is 0.241 e. The van der Waals surface area contributed by atoms with Crippen molar-refractivity contribution in [2.75, 3.05) is 12.3 Å². The Morgan fingerprint density at radius 1 is 1.14 bits per heavy atom. The van der Waals surface area contributed by atoms with Crippen molar-refractivity contribution in [1.29, 1.82) is 0 Å². The number of hydrogen-bond acceptors (Lipinski definition) is 3. The highest BCUT2D eigenvalue weighted by Crippen LogP contribution is 2.23. The second-order valence-corrected chi connectivity index (χ2v) is 4.62. The number of nitrogen functional groups attached to an aromatic ring is 1. The van der Waals surface area contributed by atoms with Crippen molar-refractivity contribution in [2.24, 2.45) is 5.73 Å². The molecule has 0 spiro atoms. The molecule has 2 aromatic rings. The Balaban J connectivity index is 1.93. The Bertz CT molecular complexity index is 636. The highest BCUT2D eigenvalue weighted by molar-refractivity contribution is 5.90. The summed E-state index contributed by atoms with van der Waals surface area (Å²) in [6, 6.07) is 15.5. The molecule has 0 radical (unpaired) electrons. The average molecular weight is 282 g/mol. The number of ether oxygens (including phenoxy) is 1. The van der Waals surface area contributed by atoms with Crippen LogP contribution in [0, 0.1) is 0 Å². The second kappa shape index (κ2) is 7.14. The maximum atomic E-state index is 10.7. The van der Waals surface area contributed by atoms with Crippen LogP contribution in [0.3, 0.4) is 0 Å². The van der Waals surface area contributed by atoms with Crippen molar-refractivity contribution in [1.82, 2.24) is 0 Å². The number of anilines is 1.